The summed E-state index contributed by atoms with van der Waals surface area (Å²) in [6.07, 6.45) is 0. The second-order valence-electron chi connectivity index (χ2n) is 5.06. The van der Waals surface area contributed by atoms with Crippen LogP contribution < -0.4 is 0 Å². The Labute approximate surface area is 109 Å². The molecule has 1 aromatic carbocycles. The average Bonchev–Trinajstić information content (AvgIpc) is 2.25. The van der Waals surface area contributed by atoms with Gasteiger partial charge in [0.05, 0.1) is 10.5 Å². The van der Waals surface area contributed by atoms with Crippen LogP contribution in [0.2, 0.25) is 0 Å². The lowest BCUT2D eigenvalue weighted by Gasteiger charge is -2.27. The number of aliphatic hydroxyl groups is 1. The Morgan fingerprint density at radius 3 is 2.11 bits per heavy atom. The lowest BCUT2D eigenvalue weighted by Crippen LogP contribution is -2.42. The van der Waals surface area contributed by atoms with Gasteiger partial charge in [-0.15, -0.1) is 0 Å². The molecule has 0 heterocycles. The largest absolute Gasteiger partial charge is 0.389 e. The minimum absolute atomic E-state index is 0.0830. The van der Waals surface area contributed by atoms with Crippen molar-refractivity contribution in [3.8, 4) is 0 Å². The van der Waals surface area contributed by atoms with E-state index in [1.807, 2.05) is 6.92 Å². The molecule has 0 saturated heterocycles. The van der Waals surface area contributed by atoms with Crippen LogP contribution in [0.5, 0.6) is 0 Å². The Kier molecular flexibility index (Phi) is 4.53. The predicted molar refractivity (Wildman–Crippen MR) is 71.9 cm³/mol. The monoisotopic (exact) mass is 271 g/mol. The summed E-state index contributed by atoms with van der Waals surface area (Å²) in [5, 5.41) is 9.77. The third kappa shape index (κ3) is 3.80. The Morgan fingerprint density at radius 2 is 1.72 bits per heavy atom. The molecule has 0 saturated carbocycles. The Morgan fingerprint density at radius 1 is 1.22 bits per heavy atom. The van der Waals surface area contributed by atoms with E-state index in [-0.39, 0.29) is 11.4 Å². The molecule has 0 bridgehead atoms. The minimum Gasteiger partial charge on any atom is -0.389 e. The van der Waals surface area contributed by atoms with Gasteiger partial charge in [-0.25, -0.2) is 8.42 Å². The number of hydrogen-bond acceptors (Lipinski definition) is 3. The van der Waals surface area contributed by atoms with E-state index in [1.54, 1.807) is 45.0 Å². The van der Waals surface area contributed by atoms with Crippen molar-refractivity contribution in [3.63, 3.8) is 0 Å². The summed E-state index contributed by atoms with van der Waals surface area (Å²) < 4.78 is 26.0. The van der Waals surface area contributed by atoms with Crippen LogP contribution in [0.1, 0.15) is 26.3 Å². The molecule has 0 fully saturated rings. The van der Waals surface area contributed by atoms with Crippen molar-refractivity contribution >= 4 is 10.0 Å². The molecular weight excluding hydrogens is 250 g/mol. The molecule has 0 spiro atoms. The summed E-state index contributed by atoms with van der Waals surface area (Å²) in [7, 11) is -3.53. The van der Waals surface area contributed by atoms with E-state index >= 15 is 0 Å². The van der Waals surface area contributed by atoms with Crippen LogP contribution in [0, 0.1) is 6.92 Å². The predicted octanol–water partition coefficient (Wildman–Crippen LogP) is 1.78. The Bertz CT molecular complexity index is 486. The zero-order valence-electron chi connectivity index (χ0n) is 11.3. The SMILES string of the molecule is CCN(CC(C)(C)O)S(=O)(=O)c1ccc(C)cc1. The van der Waals surface area contributed by atoms with Crippen LogP contribution in [0.4, 0.5) is 0 Å². The summed E-state index contributed by atoms with van der Waals surface area (Å²) in [6.45, 7) is 7.28. The maximum absolute atomic E-state index is 12.4. The molecule has 0 aliphatic heterocycles. The van der Waals surface area contributed by atoms with Crippen molar-refractivity contribution in [2.75, 3.05) is 13.1 Å². The number of rotatable bonds is 5. The van der Waals surface area contributed by atoms with E-state index in [1.165, 1.54) is 4.31 Å². The van der Waals surface area contributed by atoms with Gasteiger partial charge in [-0.1, -0.05) is 24.6 Å². The number of likely N-dealkylation sites (N-methyl/N-ethyl adjacent to an activating group) is 1. The lowest BCUT2D eigenvalue weighted by atomic mass is 10.1. The molecule has 0 amide bonds. The zero-order chi connectivity index (χ0) is 14.0. The smallest absolute Gasteiger partial charge is 0.243 e. The first-order chi connectivity index (χ1) is 8.16. The van der Waals surface area contributed by atoms with Gasteiger partial charge in [-0.2, -0.15) is 4.31 Å². The quantitative estimate of drug-likeness (QED) is 0.888. The van der Waals surface area contributed by atoms with Gasteiger partial charge in [0.2, 0.25) is 10.0 Å². The second kappa shape index (κ2) is 5.38. The average molecular weight is 271 g/mol. The highest BCUT2D eigenvalue weighted by atomic mass is 32.2. The topological polar surface area (TPSA) is 57.6 Å². The number of hydrogen-bond donors (Lipinski definition) is 1. The van der Waals surface area contributed by atoms with Gasteiger partial charge < -0.3 is 5.11 Å². The van der Waals surface area contributed by atoms with E-state index in [0.29, 0.717) is 6.54 Å². The van der Waals surface area contributed by atoms with Crippen molar-refractivity contribution in [3.05, 3.63) is 29.8 Å². The highest BCUT2D eigenvalue weighted by Crippen LogP contribution is 2.18. The molecule has 0 atom stereocenters. The summed E-state index contributed by atoms with van der Waals surface area (Å²) in [6, 6.07) is 6.73. The summed E-state index contributed by atoms with van der Waals surface area (Å²) in [5.74, 6) is 0. The number of sulfonamides is 1. The van der Waals surface area contributed by atoms with Crippen LogP contribution in [-0.4, -0.2) is 36.5 Å². The first-order valence-corrected chi connectivity index (χ1v) is 7.40. The third-order valence-corrected chi connectivity index (χ3v) is 4.51. The van der Waals surface area contributed by atoms with Gasteiger partial charge in [0.25, 0.3) is 0 Å². The van der Waals surface area contributed by atoms with Crippen molar-refractivity contribution in [2.45, 2.75) is 38.2 Å². The van der Waals surface area contributed by atoms with Crippen LogP contribution in [-0.2, 0) is 10.0 Å². The lowest BCUT2D eigenvalue weighted by molar-refractivity contribution is 0.0601. The molecule has 0 unspecified atom stereocenters. The summed E-state index contributed by atoms with van der Waals surface area (Å²) in [5.41, 5.74) is -0.0344. The Balaban J connectivity index is 3.07. The fourth-order valence-electron chi connectivity index (χ4n) is 1.66. The van der Waals surface area contributed by atoms with Crippen LogP contribution in [0.25, 0.3) is 0 Å². The molecule has 0 radical (unpaired) electrons. The normalized spacial score (nSPS) is 13.0. The van der Waals surface area contributed by atoms with Gasteiger partial charge >= 0.3 is 0 Å². The van der Waals surface area contributed by atoms with E-state index < -0.39 is 15.6 Å². The van der Waals surface area contributed by atoms with E-state index in [0.717, 1.165) is 5.56 Å². The van der Waals surface area contributed by atoms with Crippen molar-refractivity contribution < 1.29 is 13.5 Å². The molecule has 1 aromatic rings. The molecule has 0 aliphatic carbocycles. The van der Waals surface area contributed by atoms with Crippen LogP contribution in [0.15, 0.2) is 29.2 Å². The van der Waals surface area contributed by atoms with Gasteiger partial charge in [-0.3, -0.25) is 0 Å². The summed E-state index contributed by atoms with van der Waals surface area (Å²) >= 11 is 0. The van der Waals surface area contributed by atoms with E-state index in [9.17, 15) is 13.5 Å². The van der Waals surface area contributed by atoms with Crippen LogP contribution >= 0.6 is 0 Å². The zero-order valence-corrected chi connectivity index (χ0v) is 12.2. The van der Waals surface area contributed by atoms with Gasteiger partial charge in [0.1, 0.15) is 0 Å². The number of nitrogens with zero attached hydrogens (tertiary/aromatic N) is 1. The molecule has 0 aliphatic rings. The second-order valence-corrected chi connectivity index (χ2v) is 6.99. The Hall–Kier alpha value is -0.910. The third-order valence-electron chi connectivity index (χ3n) is 2.57. The van der Waals surface area contributed by atoms with Crippen molar-refractivity contribution in [1.29, 1.82) is 0 Å². The molecule has 1 rings (SSSR count). The first kappa shape index (κ1) is 15.1. The minimum atomic E-state index is -3.53. The fraction of sp³-hybridized carbons (Fsp3) is 0.538. The van der Waals surface area contributed by atoms with Gasteiger partial charge in [0.15, 0.2) is 0 Å². The molecular formula is C13H21NO3S. The molecule has 102 valence electrons. The van der Waals surface area contributed by atoms with E-state index in [2.05, 4.69) is 0 Å². The fourth-order valence-corrected chi connectivity index (χ4v) is 3.26. The maximum Gasteiger partial charge on any atom is 0.243 e. The molecule has 1 N–H and O–H groups in total. The molecule has 18 heavy (non-hydrogen) atoms. The van der Waals surface area contributed by atoms with Crippen molar-refractivity contribution in [2.24, 2.45) is 0 Å². The maximum atomic E-state index is 12.4. The van der Waals surface area contributed by atoms with Crippen LogP contribution in [0.3, 0.4) is 0 Å². The highest BCUT2D eigenvalue weighted by Gasteiger charge is 2.28. The van der Waals surface area contributed by atoms with Gasteiger partial charge in [-0.05, 0) is 32.9 Å². The van der Waals surface area contributed by atoms with Crippen molar-refractivity contribution in [1.82, 2.24) is 4.31 Å². The molecule has 4 nitrogen and oxygen atoms in total. The summed E-state index contributed by atoms with van der Waals surface area (Å²) in [4.78, 5) is 0.263. The molecule has 5 heteroatoms. The van der Waals surface area contributed by atoms with E-state index in [4.69, 9.17) is 0 Å². The highest BCUT2D eigenvalue weighted by molar-refractivity contribution is 7.89. The first-order valence-electron chi connectivity index (χ1n) is 5.96. The van der Waals surface area contributed by atoms with Gasteiger partial charge in [0, 0.05) is 13.1 Å². The molecule has 0 aromatic heterocycles. The number of aryl methyl sites for hydroxylation is 1. The standard InChI is InChI=1S/C13H21NO3S/c1-5-14(10-13(3,4)15)18(16,17)12-8-6-11(2)7-9-12/h6-9,15H,5,10H2,1-4H3. The number of benzene rings is 1.